The first kappa shape index (κ1) is 17.6. The lowest BCUT2D eigenvalue weighted by Crippen LogP contribution is -2.14. The minimum absolute atomic E-state index is 0.135. The third-order valence-electron chi connectivity index (χ3n) is 3.76. The standard InChI is InChI=1S/C18H16N4O3S2/c1-2-7-22-17(15-4-3-8-26-15)20-21-18(22)27-10-16(23)19-12-5-6-13-14(9-12)25-11-24-13/h2-6,8-9H,1,7,10-11H2,(H,19,23). The van der Waals surface area contributed by atoms with Crippen molar-refractivity contribution in [3.05, 3.63) is 48.4 Å². The van der Waals surface area contributed by atoms with Crippen LogP contribution >= 0.6 is 23.1 Å². The summed E-state index contributed by atoms with van der Waals surface area (Å²) in [7, 11) is 0. The number of allylic oxidation sites excluding steroid dienone is 1. The molecule has 27 heavy (non-hydrogen) atoms. The zero-order valence-corrected chi connectivity index (χ0v) is 15.9. The Morgan fingerprint density at radius 3 is 3.04 bits per heavy atom. The topological polar surface area (TPSA) is 78.3 Å². The summed E-state index contributed by atoms with van der Waals surface area (Å²) in [5, 5.41) is 14.0. The van der Waals surface area contributed by atoms with E-state index in [0.29, 0.717) is 28.9 Å². The molecule has 3 aromatic rings. The highest BCUT2D eigenvalue weighted by atomic mass is 32.2. The van der Waals surface area contributed by atoms with Crippen molar-refractivity contribution < 1.29 is 14.3 Å². The van der Waals surface area contributed by atoms with Gasteiger partial charge in [-0.2, -0.15) is 0 Å². The number of fused-ring (bicyclic) bond motifs is 1. The molecule has 1 aromatic carbocycles. The van der Waals surface area contributed by atoms with Crippen LogP contribution in [0.5, 0.6) is 11.5 Å². The Hall–Kier alpha value is -2.78. The van der Waals surface area contributed by atoms with Crippen LogP contribution in [0.2, 0.25) is 0 Å². The lowest BCUT2D eigenvalue weighted by molar-refractivity contribution is -0.113. The maximum Gasteiger partial charge on any atom is 0.234 e. The van der Waals surface area contributed by atoms with Crippen LogP contribution in [0.4, 0.5) is 5.69 Å². The maximum absolute atomic E-state index is 12.3. The van der Waals surface area contributed by atoms with Gasteiger partial charge in [-0.3, -0.25) is 9.36 Å². The Labute approximate surface area is 164 Å². The van der Waals surface area contributed by atoms with E-state index in [2.05, 4.69) is 22.1 Å². The van der Waals surface area contributed by atoms with Crippen molar-refractivity contribution in [1.29, 1.82) is 0 Å². The van der Waals surface area contributed by atoms with Crippen molar-refractivity contribution in [2.75, 3.05) is 17.9 Å². The predicted octanol–water partition coefficient (Wildman–Crippen LogP) is 3.65. The molecule has 9 heteroatoms. The molecule has 1 N–H and O–H groups in total. The molecular weight excluding hydrogens is 384 g/mol. The van der Waals surface area contributed by atoms with Gasteiger partial charge in [-0.25, -0.2) is 0 Å². The fraction of sp³-hybridized carbons (Fsp3) is 0.167. The van der Waals surface area contributed by atoms with Gasteiger partial charge in [0.05, 0.1) is 10.6 Å². The van der Waals surface area contributed by atoms with Gasteiger partial charge in [0, 0.05) is 18.3 Å². The molecule has 138 valence electrons. The molecule has 0 saturated carbocycles. The number of rotatable bonds is 7. The Morgan fingerprint density at radius 2 is 2.22 bits per heavy atom. The van der Waals surface area contributed by atoms with Gasteiger partial charge in [-0.1, -0.05) is 23.9 Å². The number of ether oxygens (including phenoxy) is 2. The molecule has 3 heterocycles. The van der Waals surface area contributed by atoms with Gasteiger partial charge in [0.2, 0.25) is 12.7 Å². The number of hydrogen-bond donors (Lipinski definition) is 1. The molecule has 0 fully saturated rings. The highest BCUT2D eigenvalue weighted by molar-refractivity contribution is 7.99. The van der Waals surface area contributed by atoms with Crippen molar-refractivity contribution in [2.45, 2.75) is 11.7 Å². The molecule has 4 rings (SSSR count). The quantitative estimate of drug-likeness (QED) is 0.482. The molecule has 0 saturated heterocycles. The fourth-order valence-electron chi connectivity index (χ4n) is 2.58. The molecule has 0 atom stereocenters. The smallest absolute Gasteiger partial charge is 0.234 e. The SMILES string of the molecule is C=CCn1c(SCC(=O)Nc2ccc3c(c2)OCO3)nnc1-c1cccs1. The van der Waals surface area contributed by atoms with E-state index in [9.17, 15) is 4.79 Å². The molecule has 2 aromatic heterocycles. The van der Waals surface area contributed by atoms with Crippen LogP contribution in [0.1, 0.15) is 0 Å². The predicted molar refractivity (Wildman–Crippen MR) is 105 cm³/mol. The summed E-state index contributed by atoms with van der Waals surface area (Å²) >= 11 is 2.93. The first-order valence-electron chi connectivity index (χ1n) is 8.15. The number of aromatic nitrogens is 3. The van der Waals surface area contributed by atoms with E-state index in [1.807, 2.05) is 22.1 Å². The maximum atomic E-state index is 12.3. The van der Waals surface area contributed by atoms with Crippen molar-refractivity contribution in [1.82, 2.24) is 14.8 Å². The van der Waals surface area contributed by atoms with Crippen LogP contribution in [-0.2, 0) is 11.3 Å². The Balaban J connectivity index is 1.42. The van der Waals surface area contributed by atoms with Gasteiger partial charge in [0.1, 0.15) is 0 Å². The summed E-state index contributed by atoms with van der Waals surface area (Å²) in [5.41, 5.74) is 0.664. The minimum Gasteiger partial charge on any atom is -0.454 e. The van der Waals surface area contributed by atoms with E-state index in [1.165, 1.54) is 11.8 Å². The number of thioether (sulfide) groups is 1. The number of amides is 1. The molecule has 0 aliphatic carbocycles. The van der Waals surface area contributed by atoms with Crippen LogP contribution in [0, 0.1) is 0 Å². The van der Waals surface area contributed by atoms with Gasteiger partial charge in [-0.05, 0) is 23.6 Å². The summed E-state index contributed by atoms with van der Waals surface area (Å²) in [6.45, 7) is 4.57. The van der Waals surface area contributed by atoms with E-state index in [-0.39, 0.29) is 18.5 Å². The molecule has 7 nitrogen and oxygen atoms in total. The summed E-state index contributed by atoms with van der Waals surface area (Å²) in [5.74, 6) is 2.18. The molecular formula is C18H16N4O3S2. The van der Waals surface area contributed by atoms with Crippen LogP contribution in [0.25, 0.3) is 10.7 Å². The van der Waals surface area contributed by atoms with E-state index >= 15 is 0 Å². The number of hydrogen-bond acceptors (Lipinski definition) is 7. The number of carbonyl (C=O) groups excluding carboxylic acids is 1. The molecule has 0 bridgehead atoms. The van der Waals surface area contributed by atoms with Crippen LogP contribution in [0.3, 0.4) is 0 Å². The first-order chi connectivity index (χ1) is 13.2. The Bertz CT molecular complexity index is 969. The highest BCUT2D eigenvalue weighted by Crippen LogP contribution is 2.34. The molecule has 0 spiro atoms. The van der Waals surface area contributed by atoms with Crippen molar-refractivity contribution in [2.24, 2.45) is 0 Å². The summed E-state index contributed by atoms with van der Waals surface area (Å²) in [4.78, 5) is 13.3. The molecule has 1 aliphatic rings. The van der Waals surface area contributed by atoms with E-state index < -0.39 is 0 Å². The summed E-state index contributed by atoms with van der Waals surface area (Å²) in [6.07, 6.45) is 1.79. The van der Waals surface area contributed by atoms with Gasteiger partial charge in [0.25, 0.3) is 0 Å². The zero-order chi connectivity index (χ0) is 18.6. The normalized spacial score (nSPS) is 12.1. The molecule has 1 aliphatic heterocycles. The minimum atomic E-state index is -0.135. The number of nitrogens with one attached hydrogen (secondary N) is 1. The van der Waals surface area contributed by atoms with Crippen LogP contribution < -0.4 is 14.8 Å². The number of nitrogens with zero attached hydrogens (tertiary/aromatic N) is 3. The average Bonchev–Trinajstić information content (AvgIpc) is 3.40. The average molecular weight is 400 g/mol. The number of anilines is 1. The summed E-state index contributed by atoms with van der Waals surface area (Å²) in [6, 6.07) is 9.28. The van der Waals surface area contributed by atoms with Gasteiger partial charge < -0.3 is 14.8 Å². The second kappa shape index (κ2) is 7.85. The van der Waals surface area contributed by atoms with E-state index in [0.717, 1.165) is 10.7 Å². The third-order valence-corrected chi connectivity index (χ3v) is 5.59. The highest BCUT2D eigenvalue weighted by Gasteiger charge is 2.17. The Morgan fingerprint density at radius 1 is 1.33 bits per heavy atom. The van der Waals surface area contributed by atoms with Crippen LogP contribution in [0.15, 0.2) is 53.5 Å². The van der Waals surface area contributed by atoms with Crippen molar-refractivity contribution in [3.8, 4) is 22.2 Å². The van der Waals surface area contributed by atoms with E-state index in [4.69, 9.17) is 9.47 Å². The van der Waals surface area contributed by atoms with Gasteiger partial charge in [0.15, 0.2) is 22.5 Å². The largest absolute Gasteiger partial charge is 0.454 e. The van der Waals surface area contributed by atoms with E-state index in [1.54, 1.807) is 35.6 Å². The summed E-state index contributed by atoms with van der Waals surface area (Å²) < 4.78 is 12.5. The van der Waals surface area contributed by atoms with Crippen LogP contribution in [-0.4, -0.2) is 33.2 Å². The molecule has 0 unspecified atom stereocenters. The third kappa shape index (κ3) is 3.83. The monoisotopic (exact) mass is 400 g/mol. The lowest BCUT2D eigenvalue weighted by atomic mass is 10.3. The van der Waals surface area contributed by atoms with Crippen molar-refractivity contribution >= 4 is 34.7 Å². The zero-order valence-electron chi connectivity index (χ0n) is 14.3. The second-order valence-electron chi connectivity index (χ2n) is 5.59. The Kier molecular flexibility index (Phi) is 5.12. The number of thiophene rings is 1. The number of benzene rings is 1. The van der Waals surface area contributed by atoms with Crippen molar-refractivity contribution in [3.63, 3.8) is 0 Å². The number of carbonyl (C=O) groups is 1. The van der Waals surface area contributed by atoms with Gasteiger partial charge >= 0.3 is 0 Å². The fourth-order valence-corrected chi connectivity index (χ4v) is 4.04. The molecule has 0 radical (unpaired) electrons. The molecule has 1 amide bonds. The second-order valence-corrected chi connectivity index (χ2v) is 7.48. The first-order valence-corrected chi connectivity index (χ1v) is 10.0. The lowest BCUT2D eigenvalue weighted by Gasteiger charge is -2.08. The van der Waals surface area contributed by atoms with Gasteiger partial charge in [-0.15, -0.1) is 28.1 Å².